The van der Waals surface area contributed by atoms with E-state index in [2.05, 4.69) is 20.8 Å². The molecular formula is C15H22F3NO. The van der Waals surface area contributed by atoms with Crippen LogP contribution in [0.4, 0.5) is 13.2 Å². The highest BCUT2D eigenvalue weighted by molar-refractivity contribution is 5.28. The normalized spacial score (nSPS) is 14.7. The van der Waals surface area contributed by atoms with Crippen molar-refractivity contribution in [1.82, 2.24) is 4.90 Å². The van der Waals surface area contributed by atoms with Crippen molar-refractivity contribution in [2.45, 2.75) is 38.5 Å². The van der Waals surface area contributed by atoms with E-state index in [1.54, 1.807) is 12.1 Å². The number of aliphatic hydroxyl groups excluding tert-OH is 1. The fourth-order valence-electron chi connectivity index (χ4n) is 1.98. The second kappa shape index (κ2) is 6.14. The minimum atomic E-state index is -4.25. The lowest BCUT2D eigenvalue weighted by Crippen LogP contribution is -2.34. The average molecular weight is 289 g/mol. The Hall–Kier alpha value is -1.07. The minimum absolute atomic E-state index is 0.0105. The van der Waals surface area contributed by atoms with Crippen molar-refractivity contribution < 1.29 is 18.3 Å². The molecule has 0 bridgehead atoms. The van der Waals surface area contributed by atoms with Crippen LogP contribution < -0.4 is 0 Å². The summed E-state index contributed by atoms with van der Waals surface area (Å²) in [5.41, 5.74) is 1.76. The lowest BCUT2D eigenvalue weighted by atomic mass is 9.86. The van der Waals surface area contributed by atoms with Gasteiger partial charge in [0.15, 0.2) is 0 Å². The molecule has 2 nitrogen and oxygen atoms in total. The number of likely N-dealkylation sites (N-methyl/N-ethyl adjacent to an activating group) is 1. The van der Waals surface area contributed by atoms with Gasteiger partial charge in [-0.25, -0.2) is 0 Å². The Balaban J connectivity index is 2.66. The van der Waals surface area contributed by atoms with Gasteiger partial charge in [-0.2, -0.15) is 13.2 Å². The Kier molecular flexibility index (Phi) is 5.21. The van der Waals surface area contributed by atoms with E-state index in [0.29, 0.717) is 5.56 Å². The van der Waals surface area contributed by atoms with Gasteiger partial charge in [0.2, 0.25) is 0 Å². The quantitative estimate of drug-likeness (QED) is 0.917. The van der Waals surface area contributed by atoms with E-state index < -0.39 is 18.8 Å². The zero-order chi connectivity index (χ0) is 15.6. The Morgan fingerprint density at radius 1 is 1.10 bits per heavy atom. The van der Waals surface area contributed by atoms with Crippen LogP contribution in [-0.2, 0) is 5.41 Å². The average Bonchev–Trinajstić information content (AvgIpc) is 2.25. The Morgan fingerprint density at radius 2 is 1.60 bits per heavy atom. The van der Waals surface area contributed by atoms with Crippen molar-refractivity contribution in [3.63, 3.8) is 0 Å². The van der Waals surface area contributed by atoms with Gasteiger partial charge < -0.3 is 5.11 Å². The van der Waals surface area contributed by atoms with Crippen molar-refractivity contribution >= 4 is 0 Å². The highest BCUT2D eigenvalue weighted by atomic mass is 19.4. The van der Waals surface area contributed by atoms with Crippen LogP contribution in [0.25, 0.3) is 0 Å². The molecule has 0 saturated carbocycles. The van der Waals surface area contributed by atoms with E-state index in [1.807, 2.05) is 12.1 Å². The summed E-state index contributed by atoms with van der Waals surface area (Å²) in [5, 5.41) is 9.97. The molecule has 0 radical (unpaired) electrons. The summed E-state index contributed by atoms with van der Waals surface area (Å²) in [6, 6.07) is 7.35. The van der Waals surface area contributed by atoms with Gasteiger partial charge in [0.25, 0.3) is 0 Å². The zero-order valence-electron chi connectivity index (χ0n) is 12.3. The molecule has 0 saturated heterocycles. The van der Waals surface area contributed by atoms with Gasteiger partial charge in [0, 0.05) is 6.54 Å². The van der Waals surface area contributed by atoms with Gasteiger partial charge >= 0.3 is 6.18 Å². The van der Waals surface area contributed by atoms with E-state index in [1.165, 1.54) is 7.05 Å². The third kappa shape index (κ3) is 5.51. The fraction of sp³-hybridized carbons (Fsp3) is 0.600. The largest absolute Gasteiger partial charge is 0.401 e. The topological polar surface area (TPSA) is 23.5 Å². The molecule has 0 aliphatic carbocycles. The molecule has 0 aromatic heterocycles. The number of nitrogens with zero attached hydrogens (tertiary/aromatic N) is 1. The molecule has 1 aromatic carbocycles. The summed E-state index contributed by atoms with van der Waals surface area (Å²) >= 11 is 0. The molecule has 0 heterocycles. The number of benzene rings is 1. The number of aliphatic hydroxyl groups is 1. The molecule has 1 rings (SSSR count). The summed E-state index contributed by atoms with van der Waals surface area (Å²) in [4.78, 5) is 1.07. The lowest BCUT2D eigenvalue weighted by molar-refractivity contribution is -0.145. The number of rotatable bonds is 4. The van der Waals surface area contributed by atoms with Crippen molar-refractivity contribution in [2.24, 2.45) is 0 Å². The minimum Gasteiger partial charge on any atom is -0.387 e. The highest BCUT2D eigenvalue weighted by Crippen LogP contribution is 2.24. The molecule has 1 aromatic rings. The summed E-state index contributed by atoms with van der Waals surface area (Å²) in [7, 11) is 1.35. The maximum absolute atomic E-state index is 12.2. The van der Waals surface area contributed by atoms with E-state index in [-0.39, 0.29) is 12.0 Å². The molecular weight excluding hydrogens is 267 g/mol. The first-order valence-electron chi connectivity index (χ1n) is 6.53. The van der Waals surface area contributed by atoms with Crippen LogP contribution in [0, 0.1) is 0 Å². The van der Waals surface area contributed by atoms with Gasteiger partial charge in [-0.05, 0) is 23.6 Å². The van der Waals surface area contributed by atoms with Gasteiger partial charge in [0.1, 0.15) is 0 Å². The monoisotopic (exact) mass is 289 g/mol. The van der Waals surface area contributed by atoms with Crippen LogP contribution in [0.5, 0.6) is 0 Å². The first kappa shape index (κ1) is 17.0. The summed E-state index contributed by atoms with van der Waals surface area (Å²) < 4.78 is 36.7. The van der Waals surface area contributed by atoms with Gasteiger partial charge in [0.05, 0.1) is 12.6 Å². The Bertz CT molecular complexity index is 420. The molecule has 0 spiro atoms. The maximum atomic E-state index is 12.2. The molecule has 1 N–H and O–H groups in total. The lowest BCUT2D eigenvalue weighted by Gasteiger charge is -2.23. The smallest absolute Gasteiger partial charge is 0.387 e. The van der Waals surface area contributed by atoms with Gasteiger partial charge in [-0.15, -0.1) is 0 Å². The van der Waals surface area contributed by atoms with E-state index in [4.69, 9.17) is 0 Å². The summed E-state index contributed by atoms with van der Waals surface area (Å²) in [6.45, 7) is 5.17. The summed E-state index contributed by atoms with van der Waals surface area (Å²) in [6.07, 6.45) is -5.17. The van der Waals surface area contributed by atoms with E-state index in [0.717, 1.165) is 10.5 Å². The fourth-order valence-corrected chi connectivity index (χ4v) is 1.98. The van der Waals surface area contributed by atoms with E-state index in [9.17, 15) is 18.3 Å². The number of hydrogen-bond acceptors (Lipinski definition) is 2. The van der Waals surface area contributed by atoms with Crippen molar-refractivity contribution in [1.29, 1.82) is 0 Å². The predicted molar refractivity (Wildman–Crippen MR) is 73.7 cm³/mol. The van der Waals surface area contributed by atoms with E-state index >= 15 is 0 Å². The van der Waals surface area contributed by atoms with Crippen LogP contribution in [0.15, 0.2) is 24.3 Å². The van der Waals surface area contributed by atoms with Crippen molar-refractivity contribution in [3.05, 3.63) is 35.4 Å². The number of alkyl halides is 3. The van der Waals surface area contributed by atoms with Crippen LogP contribution >= 0.6 is 0 Å². The van der Waals surface area contributed by atoms with Crippen molar-refractivity contribution in [2.75, 3.05) is 20.1 Å². The molecule has 1 atom stereocenters. The zero-order valence-corrected chi connectivity index (χ0v) is 12.3. The second-order valence-electron chi connectivity index (χ2n) is 6.20. The molecule has 0 fully saturated rings. The molecule has 5 heteroatoms. The molecule has 20 heavy (non-hydrogen) atoms. The molecule has 1 unspecified atom stereocenters. The van der Waals surface area contributed by atoms with Gasteiger partial charge in [-0.1, -0.05) is 45.0 Å². The third-order valence-electron chi connectivity index (χ3n) is 3.10. The molecule has 0 amide bonds. The van der Waals surface area contributed by atoms with Crippen LogP contribution in [0.1, 0.15) is 38.0 Å². The van der Waals surface area contributed by atoms with Crippen LogP contribution in [-0.4, -0.2) is 36.3 Å². The Labute approximate surface area is 118 Å². The maximum Gasteiger partial charge on any atom is 0.401 e. The second-order valence-corrected chi connectivity index (χ2v) is 6.20. The SMILES string of the molecule is CN(CC(O)c1ccc(C(C)(C)C)cc1)CC(F)(F)F. The Morgan fingerprint density at radius 3 is 2.00 bits per heavy atom. The van der Waals surface area contributed by atoms with Crippen LogP contribution in [0.3, 0.4) is 0 Å². The van der Waals surface area contributed by atoms with Crippen molar-refractivity contribution in [3.8, 4) is 0 Å². The first-order chi connectivity index (χ1) is 8.99. The molecule has 114 valence electrons. The molecule has 0 aliphatic heterocycles. The predicted octanol–water partition coefficient (Wildman–Crippen LogP) is 3.51. The van der Waals surface area contributed by atoms with Crippen LogP contribution in [0.2, 0.25) is 0 Å². The number of halogens is 3. The van der Waals surface area contributed by atoms with Gasteiger partial charge in [-0.3, -0.25) is 4.90 Å². The number of hydrogen-bond donors (Lipinski definition) is 1. The first-order valence-corrected chi connectivity index (χ1v) is 6.53. The highest BCUT2D eigenvalue weighted by Gasteiger charge is 2.29. The molecule has 0 aliphatic rings. The standard InChI is InChI=1S/C15H22F3NO/c1-14(2,3)12-7-5-11(6-8-12)13(20)9-19(4)10-15(16,17)18/h5-8,13,20H,9-10H2,1-4H3. The third-order valence-corrected chi connectivity index (χ3v) is 3.10. The summed E-state index contributed by atoms with van der Waals surface area (Å²) in [5.74, 6) is 0.